The average Bonchev–Trinajstić information content (AvgIpc) is 3.06. The molecule has 5 heteroatoms. The van der Waals surface area contributed by atoms with Crippen molar-refractivity contribution in [3.63, 3.8) is 0 Å². The van der Waals surface area contributed by atoms with Crippen LogP contribution in [0.1, 0.15) is 0 Å². The fourth-order valence-electron chi connectivity index (χ4n) is 2.58. The van der Waals surface area contributed by atoms with E-state index in [-0.39, 0.29) is 51.0 Å². The molecule has 0 radical (unpaired) electrons. The Balaban J connectivity index is 0.000000882. The Bertz CT molecular complexity index is 914. The third kappa shape index (κ3) is 4.14. The van der Waals surface area contributed by atoms with Crippen molar-refractivity contribution in [2.45, 2.75) is 9.79 Å². The molecule has 0 spiro atoms. The molecular weight excluding hydrogens is 490 g/mol. The van der Waals surface area contributed by atoms with Crippen LogP contribution in [0.15, 0.2) is 81.0 Å². The minimum absolute atomic E-state index is 0. The molecule has 0 nitrogen and oxygen atoms in total. The van der Waals surface area contributed by atoms with E-state index in [1.807, 2.05) is 11.8 Å². The van der Waals surface area contributed by atoms with Gasteiger partial charge in [0.15, 0.2) is 0 Å². The van der Waals surface area contributed by atoms with Crippen LogP contribution in [0.2, 0.25) is 0 Å². The van der Waals surface area contributed by atoms with Gasteiger partial charge in [0.1, 0.15) is 0 Å². The van der Waals surface area contributed by atoms with E-state index >= 15 is 0 Å². The summed E-state index contributed by atoms with van der Waals surface area (Å²) >= 11 is 5.46. The number of benzene rings is 2. The summed E-state index contributed by atoms with van der Waals surface area (Å²) in [7, 11) is 0. The predicted molar refractivity (Wildman–Crippen MR) is 90.9 cm³/mol. The molecule has 0 aliphatic heterocycles. The van der Waals surface area contributed by atoms with Crippen molar-refractivity contribution < 1.29 is 51.0 Å². The van der Waals surface area contributed by atoms with Gasteiger partial charge in [-0.15, -0.1) is 79.6 Å². The van der Waals surface area contributed by atoms with Crippen LogP contribution < -0.4 is 24.8 Å². The minimum Gasteiger partial charge on any atom is -1.00 e. The normalized spacial score (nSPS) is 9.96. The molecule has 0 bridgehead atoms. The Morgan fingerprint density at radius 3 is 2.52 bits per heavy atom. The van der Waals surface area contributed by atoms with Gasteiger partial charge in [-0.3, -0.25) is 0 Å². The van der Waals surface area contributed by atoms with E-state index in [2.05, 4.69) is 82.7 Å². The van der Waals surface area contributed by atoms with E-state index in [4.69, 9.17) is 0 Å². The molecule has 0 atom stereocenters. The molecule has 0 aliphatic rings. The predicted octanol–water partition coefficient (Wildman–Crippen LogP) is 0.350. The summed E-state index contributed by atoms with van der Waals surface area (Å²) in [5, 5.41) is 5.22. The Morgan fingerprint density at radius 2 is 1.74 bits per heavy atom. The molecule has 4 aromatic rings. The number of halogens is 3. The van der Waals surface area contributed by atoms with Gasteiger partial charge in [-0.25, -0.2) is 0 Å². The maximum absolute atomic E-state index is 3.62. The van der Waals surface area contributed by atoms with E-state index in [0.717, 1.165) is 4.47 Å². The maximum Gasteiger partial charge on any atom is 4.00 e. The summed E-state index contributed by atoms with van der Waals surface area (Å²) in [6.07, 6.45) is 0. The van der Waals surface area contributed by atoms with Crippen molar-refractivity contribution in [1.29, 1.82) is 0 Å². The third-order valence-electron chi connectivity index (χ3n) is 3.54. The first-order chi connectivity index (χ1) is 9.81. The Morgan fingerprint density at radius 1 is 0.957 bits per heavy atom. The molecule has 0 unspecified atom stereocenters. The maximum atomic E-state index is 3.62. The van der Waals surface area contributed by atoms with E-state index < -0.39 is 0 Å². The van der Waals surface area contributed by atoms with E-state index in [0.29, 0.717) is 0 Å². The number of rotatable bonds is 2. The van der Waals surface area contributed by atoms with Gasteiger partial charge in [-0.05, 0) is 4.90 Å². The standard InChI is InChI=1S/C18H11BrS.2ClH.Zr/c19-17-8-2-6-13-10-14(11-16(13)17)20-18-9-3-5-12-4-1-7-15(12)18;;;/h1-11H;2*1H;/q-2;;;+4/p-2. The molecule has 4 rings (SSSR count). The second-order valence-corrected chi connectivity index (χ2v) is 6.79. The van der Waals surface area contributed by atoms with Crippen LogP contribution >= 0.6 is 27.7 Å². The van der Waals surface area contributed by atoms with Crippen LogP contribution in [0.5, 0.6) is 0 Å². The van der Waals surface area contributed by atoms with E-state index in [1.165, 1.54) is 31.3 Å². The smallest absolute Gasteiger partial charge is 1.00 e. The zero-order valence-electron chi connectivity index (χ0n) is 11.9. The largest absolute Gasteiger partial charge is 4.00 e. The zero-order valence-corrected chi connectivity index (χ0v) is 18.3. The molecule has 0 aromatic heterocycles. The number of fused-ring (bicyclic) bond motifs is 2. The van der Waals surface area contributed by atoms with Crippen LogP contribution in [-0.2, 0) is 26.2 Å². The summed E-state index contributed by atoms with van der Waals surface area (Å²) in [4.78, 5) is 2.61. The summed E-state index contributed by atoms with van der Waals surface area (Å²) in [6.45, 7) is 0. The summed E-state index contributed by atoms with van der Waals surface area (Å²) in [6, 6.07) is 23.8. The van der Waals surface area contributed by atoms with Crippen LogP contribution in [0.25, 0.3) is 21.5 Å². The van der Waals surface area contributed by atoms with Gasteiger partial charge in [0.05, 0.1) is 0 Å². The molecule has 114 valence electrons. The molecule has 0 saturated carbocycles. The van der Waals surface area contributed by atoms with Crippen molar-refractivity contribution in [2.75, 3.05) is 0 Å². The second-order valence-electron chi connectivity index (χ2n) is 4.82. The average molecular weight is 501 g/mol. The first-order valence-electron chi connectivity index (χ1n) is 6.48. The fraction of sp³-hybridized carbons (Fsp3) is 0. The summed E-state index contributed by atoms with van der Waals surface area (Å²) in [5.74, 6) is 0. The summed E-state index contributed by atoms with van der Waals surface area (Å²) < 4.78 is 1.16. The van der Waals surface area contributed by atoms with Crippen LogP contribution in [0.4, 0.5) is 0 Å². The van der Waals surface area contributed by atoms with E-state index in [9.17, 15) is 0 Å². The molecule has 0 heterocycles. The van der Waals surface area contributed by atoms with Crippen LogP contribution in [0.3, 0.4) is 0 Å². The number of hydrogen-bond acceptors (Lipinski definition) is 1. The zero-order chi connectivity index (χ0) is 13.5. The van der Waals surface area contributed by atoms with Gasteiger partial charge in [0.2, 0.25) is 0 Å². The Kier molecular flexibility index (Phi) is 8.10. The van der Waals surface area contributed by atoms with Crippen molar-refractivity contribution in [2.24, 2.45) is 0 Å². The van der Waals surface area contributed by atoms with Gasteiger partial charge in [-0.1, -0.05) is 27.6 Å². The molecule has 0 N–H and O–H groups in total. The molecule has 0 fully saturated rings. The van der Waals surface area contributed by atoms with Gasteiger partial charge in [-0.2, -0.15) is 18.2 Å². The Hall–Kier alpha value is -0.0469. The van der Waals surface area contributed by atoms with Crippen molar-refractivity contribution in [1.82, 2.24) is 0 Å². The Labute approximate surface area is 179 Å². The molecular formula is C18H11BrCl2SZr. The number of hydrogen-bond donors (Lipinski definition) is 0. The van der Waals surface area contributed by atoms with E-state index in [1.54, 1.807) is 0 Å². The quantitative estimate of drug-likeness (QED) is 0.358. The first-order valence-corrected chi connectivity index (χ1v) is 8.09. The molecule has 0 saturated heterocycles. The topological polar surface area (TPSA) is 0 Å². The van der Waals surface area contributed by atoms with Crippen molar-refractivity contribution in [3.8, 4) is 0 Å². The minimum atomic E-state index is 0. The molecule has 0 amide bonds. The van der Waals surface area contributed by atoms with Gasteiger partial charge in [0.25, 0.3) is 0 Å². The molecule has 23 heavy (non-hydrogen) atoms. The monoisotopic (exact) mass is 498 g/mol. The molecule has 0 aliphatic carbocycles. The van der Waals surface area contributed by atoms with Crippen molar-refractivity contribution in [3.05, 3.63) is 71.2 Å². The van der Waals surface area contributed by atoms with Crippen LogP contribution in [0, 0.1) is 0 Å². The van der Waals surface area contributed by atoms with Gasteiger partial charge >= 0.3 is 26.2 Å². The van der Waals surface area contributed by atoms with Gasteiger partial charge in [0, 0.05) is 0 Å². The SMILES string of the molecule is Brc1cccc2cc(Sc3cccc4[cH-]ccc34)[cH-]c12.[Cl-].[Cl-].[Zr+4]. The third-order valence-corrected chi connectivity index (χ3v) is 5.28. The molecule has 4 aromatic carbocycles. The van der Waals surface area contributed by atoms with Gasteiger partial charge < -0.3 is 24.8 Å². The first kappa shape index (κ1) is 21.0. The fourth-order valence-corrected chi connectivity index (χ4v) is 4.13. The van der Waals surface area contributed by atoms with Crippen LogP contribution in [-0.4, -0.2) is 0 Å². The summed E-state index contributed by atoms with van der Waals surface area (Å²) in [5.41, 5.74) is 0. The van der Waals surface area contributed by atoms with Crippen molar-refractivity contribution >= 4 is 49.2 Å². The second kappa shape index (κ2) is 8.88.